The highest BCUT2D eigenvalue weighted by molar-refractivity contribution is 5.97. The summed E-state index contributed by atoms with van der Waals surface area (Å²) in [5.41, 5.74) is 6.77. The van der Waals surface area contributed by atoms with Gasteiger partial charge >= 0.3 is 24.1 Å². The minimum atomic E-state index is -1.75. The molecule has 5 aromatic rings. The Morgan fingerprint density at radius 3 is 1.53 bits per heavy atom. The third-order valence-corrected chi connectivity index (χ3v) is 13.4. The summed E-state index contributed by atoms with van der Waals surface area (Å²) in [6, 6.07) is 21.2. The monoisotopic (exact) mass is 1280 g/mol. The summed E-state index contributed by atoms with van der Waals surface area (Å²) in [6.45, 7) is 7.89. The number of hydrogen-bond donors (Lipinski definition) is 13. The molecular weight excluding hydrogens is 1190 g/mol. The van der Waals surface area contributed by atoms with E-state index in [4.69, 9.17) is 19.9 Å². The molecule has 28 heteroatoms. The Morgan fingerprint density at radius 2 is 0.967 bits per heavy atom. The molecule has 0 radical (unpaired) electrons. The van der Waals surface area contributed by atoms with Crippen LogP contribution in [0.15, 0.2) is 115 Å². The number of para-hydroxylation sites is 1. The first kappa shape index (κ1) is 72.2. The molecule has 0 fully saturated rings. The van der Waals surface area contributed by atoms with Crippen LogP contribution in [-0.4, -0.2) is 154 Å². The number of primary amides is 1. The number of phenolic OH excluding ortho intramolecular Hbond substituents is 1. The highest BCUT2D eigenvalue weighted by atomic mass is 16.6. The number of H-pyrrole nitrogens is 1. The lowest BCUT2D eigenvalue weighted by Gasteiger charge is -2.27. The molecule has 4 aromatic carbocycles. The van der Waals surface area contributed by atoms with Crippen LogP contribution in [-0.2, 0) is 88.0 Å². The van der Waals surface area contributed by atoms with Gasteiger partial charge in [-0.15, -0.1) is 0 Å². The van der Waals surface area contributed by atoms with Crippen LogP contribution < -0.4 is 53.6 Å². The van der Waals surface area contributed by atoms with Gasteiger partial charge in [0.05, 0.1) is 6.42 Å². The fourth-order valence-electron chi connectivity index (χ4n) is 9.02. The number of fused-ring (bicyclic) bond motifs is 1. The normalized spacial score (nSPS) is 13.2. The van der Waals surface area contributed by atoms with Crippen molar-refractivity contribution in [2.75, 3.05) is 19.6 Å². The average molecular weight is 1280 g/mol. The van der Waals surface area contributed by atoms with E-state index in [2.05, 4.69) is 52.8 Å². The number of carboxylic acids is 1. The molecule has 6 atom stereocenters. The smallest absolute Gasteiger partial charge is 0.408 e. The van der Waals surface area contributed by atoms with Crippen molar-refractivity contribution in [1.29, 1.82) is 0 Å². The van der Waals surface area contributed by atoms with Crippen LogP contribution >= 0.6 is 0 Å². The number of benzene rings is 4. The third-order valence-electron chi connectivity index (χ3n) is 13.4. The molecule has 1 aromatic heterocycles. The first-order valence-corrected chi connectivity index (χ1v) is 29.6. The minimum Gasteiger partial charge on any atom is -0.508 e. The van der Waals surface area contributed by atoms with E-state index < -0.39 is 151 Å². The Hall–Kier alpha value is -10.5. The summed E-state index contributed by atoms with van der Waals surface area (Å²) in [5.74, 6) is -9.59. The van der Waals surface area contributed by atoms with Gasteiger partial charge in [-0.1, -0.05) is 91.0 Å². The highest BCUT2D eigenvalue weighted by Crippen LogP contribution is 2.20. The molecule has 92 heavy (non-hydrogen) atoms. The van der Waals surface area contributed by atoms with Crippen molar-refractivity contribution in [2.45, 2.75) is 147 Å². The van der Waals surface area contributed by atoms with Gasteiger partial charge in [-0.25, -0.2) is 9.59 Å². The first-order valence-electron chi connectivity index (χ1n) is 29.6. The van der Waals surface area contributed by atoms with Gasteiger partial charge in [0, 0.05) is 62.3 Å². The molecule has 494 valence electrons. The number of carbonyl (C=O) groups excluding carboxylic acids is 11. The molecular formula is C64H81N11O17. The van der Waals surface area contributed by atoms with E-state index in [9.17, 15) is 67.7 Å². The SMILES string of the molecule is CC(C)(C)OC(=O)C[C@H](NC(=O)[C@H](CCNC(=O)CCC(=O)NCC[C@H](NC(=O)[C@H](Cc1ccc(O)cc1)NC(=O)OC(C)(C)C)C(=O)NCC(=O)O)NC(=O)[C@H](Cc1c[nH]c2ccccc12)NC(=O)OCc1ccccc1)C(=O)N[C@@H](Cc1ccccc1)C(N)=O. The summed E-state index contributed by atoms with van der Waals surface area (Å²) >= 11 is 0. The molecule has 0 saturated heterocycles. The fraction of sp³-hybridized carbons (Fsp3) is 0.406. The quantitative estimate of drug-likeness (QED) is 0.0212. The van der Waals surface area contributed by atoms with Gasteiger partial charge in [0.2, 0.25) is 47.3 Å². The lowest BCUT2D eigenvalue weighted by Crippen LogP contribution is -2.59. The zero-order valence-corrected chi connectivity index (χ0v) is 52.0. The van der Waals surface area contributed by atoms with Crippen LogP contribution in [0.2, 0.25) is 0 Å². The second kappa shape index (κ2) is 35.0. The first-order chi connectivity index (χ1) is 43.5. The van der Waals surface area contributed by atoms with Crippen molar-refractivity contribution in [3.8, 4) is 5.75 Å². The maximum atomic E-state index is 14.6. The molecule has 0 aliphatic heterocycles. The predicted octanol–water partition coefficient (Wildman–Crippen LogP) is 2.24. The van der Waals surface area contributed by atoms with Gasteiger partial charge in [-0.3, -0.25) is 47.9 Å². The van der Waals surface area contributed by atoms with E-state index in [0.717, 1.165) is 0 Å². The molecule has 10 amide bonds. The Kier molecular flexibility index (Phi) is 27.5. The van der Waals surface area contributed by atoms with Crippen LogP contribution in [0.3, 0.4) is 0 Å². The number of aromatic amines is 1. The summed E-state index contributed by atoms with van der Waals surface area (Å²) in [6.07, 6.45) is -3.05. The number of phenols is 1. The van der Waals surface area contributed by atoms with Crippen LogP contribution in [0.4, 0.5) is 9.59 Å². The van der Waals surface area contributed by atoms with Gasteiger partial charge < -0.3 is 83.0 Å². The van der Waals surface area contributed by atoms with Crippen LogP contribution in [0, 0.1) is 0 Å². The maximum Gasteiger partial charge on any atom is 0.408 e. The summed E-state index contributed by atoms with van der Waals surface area (Å²) < 4.78 is 16.3. The van der Waals surface area contributed by atoms with Crippen molar-refractivity contribution >= 4 is 82.3 Å². The Labute approximate surface area is 531 Å². The summed E-state index contributed by atoms with van der Waals surface area (Å²) in [5, 5.41) is 42.2. The second-order valence-electron chi connectivity index (χ2n) is 23.4. The topological polar surface area (TPSA) is 423 Å². The van der Waals surface area contributed by atoms with E-state index >= 15 is 0 Å². The lowest BCUT2D eigenvalue weighted by molar-refractivity contribution is -0.156. The fourth-order valence-corrected chi connectivity index (χ4v) is 9.02. The number of ether oxygens (including phenoxy) is 3. The van der Waals surface area contributed by atoms with Crippen LogP contribution in [0.5, 0.6) is 5.75 Å². The Bertz CT molecular complexity index is 3370. The molecule has 5 rings (SSSR count). The van der Waals surface area contributed by atoms with E-state index in [0.29, 0.717) is 33.2 Å². The van der Waals surface area contributed by atoms with Gasteiger partial charge in [0.25, 0.3) is 0 Å². The number of carbonyl (C=O) groups is 12. The molecule has 0 spiro atoms. The molecule has 14 N–H and O–H groups in total. The lowest BCUT2D eigenvalue weighted by atomic mass is 10.0. The minimum absolute atomic E-state index is 0.0623. The predicted molar refractivity (Wildman–Crippen MR) is 333 cm³/mol. The summed E-state index contributed by atoms with van der Waals surface area (Å²) in [7, 11) is 0. The Balaban J connectivity index is 1.32. The molecule has 0 saturated carbocycles. The highest BCUT2D eigenvalue weighted by Gasteiger charge is 2.35. The van der Waals surface area contributed by atoms with Crippen molar-refractivity contribution in [1.82, 2.24) is 52.8 Å². The number of aromatic hydroxyl groups is 1. The molecule has 0 bridgehead atoms. The van der Waals surface area contributed by atoms with Crippen molar-refractivity contribution in [2.24, 2.45) is 5.73 Å². The Morgan fingerprint density at radius 1 is 0.500 bits per heavy atom. The number of aromatic nitrogens is 1. The number of alkyl carbamates (subject to hydrolysis) is 2. The van der Waals surface area contributed by atoms with Gasteiger partial charge in [-0.05, 0) is 94.8 Å². The number of aliphatic carboxylic acids is 1. The third kappa shape index (κ3) is 26.3. The van der Waals surface area contributed by atoms with Crippen LogP contribution in [0.25, 0.3) is 10.9 Å². The van der Waals surface area contributed by atoms with E-state index in [1.165, 1.54) is 24.3 Å². The standard InChI is InChI=1S/C64H81N11O17/c1-63(2,3)91-54(81)34-50(60(87)72-47(55(65)82)31-38-15-9-7-10-16-38)73-57(84)46(71-59(86)49(33-41-35-68-44-20-14-13-19-43(41)44)74-61(88)90-37-40-17-11-8-12-18-40)28-30-67-52(78)26-25-51(77)66-29-27-45(56(83)69-36-53(79)80)70-58(85)48(75-62(89)92-64(4,5)6)32-39-21-23-42(76)24-22-39/h7-24,35,45-50,68,76H,25-34,36-37H2,1-6H3,(H2,65,82)(H,66,77)(H,67,78)(H,69,83)(H,70,85)(H,71,86)(H,72,87)(H,73,84)(H,74,88)(H,75,89)(H,79,80)/t45-,46-,47-,48-,49-,50-/m0/s1. The zero-order chi connectivity index (χ0) is 67.5. The summed E-state index contributed by atoms with van der Waals surface area (Å²) in [4.78, 5) is 164. The largest absolute Gasteiger partial charge is 0.508 e. The van der Waals surface area contributed by atoms with Gasteiger partial charge in [-0.2, -0.15) is 0 Å². The number of nitrogens with two attached hydrogens (primary N) is 1. The molecule has 0 unspecified atom stereocenters. The number of hydrogen-bond acceptors (Lipinski definition) is 16. The average Bonchev–Trinajstić information content (AvgIpc) is 1.76. The number of nitrogens with one attached hydrogen (secondary N) is 10. The molecule has 0 aliphatic carbocycles. The van der Waals surface area contributed by atoms with Crippen molar-refractivity contribution in [3.05, 3.63) is 138 Å². The second-order valence-corrected chi connectivity index (χ2v) is 23.4. The zero-order valence-electron chi connectivity index (χ0n) is 52.0. The van der Waals surface area contributed by atoms with E-state index in [-0.39, 0.29) is 51.1 Å². The number of esters is 1. The van der Waals surface area contributed by atoms with Crippen molar-refractivity contribution < 1.29 is 82.0 Å². The van der Waals surface area contributed by atoms with Crippen LogP contribution in [0.1, 0.15) is 95.9 Å². The molecule has 0 aliphatic rings. The number of carboxylic acid groups (broad SMARTS) is 1. The molecule has 28 nitrogen and oxygen atoms in total. The van der Waals surface area contributed by atoms with Gasteiger partial charge in [0.1, 0.15) is 66.4 Å². The number of rotatable bonds is 33. The van der Waals surface area contributed by atoms with Crippen molar-refractivity contribution in [3.63, 3.8) is 0 Å². The van der Waals surface area contributed by atoms with E-state index in [1.54, 1.807) is 133 Å². The van der Waals surface area contributed by atoms with E-state index in [1.807, 2.05) is 0 Å². The molecule has 1 heterocycles. The maximum absolute atomic E-state index is 14.6. The number of amides is 10. The van der Waals surface area contributed by atoms with Gasteiger partial charge in [0.15, 0.2) is 0 Å².